The Hall–Kier alpha value is -0.840. The summed E-state index contributed by atoms with van der Waals surface area (Å²) in [7, 11) is -2.59. The maximum atomic E-state index is 9.95. The molecule has 0 fully saturated rings. The Morgan fingerprint density at radius 2 is 2.11 bits per heavy atom. The summed E-state index contributed by atoms with van der Waals surface area (Å²) in [5.41, 5.74) is 0. The molecule has 52 valence electrons. The molecule has 0 aromatic carbocycles. The second kappa shape index (κ2) is 4.08. The van der Waals surface area contributed by atoms with E-state index >= 15 is 0 Å². The lowest BCUT2D eigenvalue weighted by atomic mass is 10.8. The zero-order valence-electron chi connectivity index (χ0n) is 4.73. The fraction of sp³-hybridized carbons (Fsp3) is 0.250. The first-order chi connectivity index (χ1) is 4.13. The van der Waals surface area contributed by atoms with Gasteiger partial charge in [-0.15, -0.1) is 0 Å². The summed E-state index contributed by atoms with van der Waals surface area (Å²) in [5.74, 6) is -0.539. The molecule has 0 aromatic rings. The fourth-order valence-electron chi connectivity index (χ4n) is 0.176. The van der Waals surface area contributed by atoms with Crippen LogP contribution in [0.1, 0.15) is 6.92 Å². The van der Waals surface area contributed by atoms with Crippen LogP contribution >= 0.6 is 0 Å². The molecule has 0 heterocycles. The number of esters is 1. The molecule has 9 heavy (non-hydrogen) atoms. The molecule has 0 atom stereocenters. The molecule has 0 radical (unpaired) electrons. The number of rotatable bonds is 2. The van der Waals surface area contributed by atoms with Gasteiger partial charge >= 0.3 is 5.97 Å². The molecule has 5 heteroatoms. The second-order valence-electron chi connectivity index (χ2n) is 1.18. The zero-order chi connectivity index (χ0) is 7.28. The highest BCUT2D eigenvalue weighted by atomic mass is 32.2. The predicted octanol–water partition coefficient (Wildman–Crippen LogP) is -0.368. The van der Waals surface area contributed by atoms with E-state index in [1.807, 2.05) is 0 Å². The van der Waals surface area contributed by atoms with Gasteiger partial charge < -0.3 is 4.74 Å². The van der Waals surface area contributed by atoms with Crippen molar-refractivity contribution in [3.63, 3.8) is 0 Å². The van der Waals surface area contributed by atoms with Crippen LogP contribution in [-0.4, -0.2) is 14.4 Å². The largest absolute Gasteiger partial charge is 0.434 e. The van der Waals surface area contributed by atoms with E-state index in [1.165, 1.54) is 6.92 Å². The number of carbonyl (C=O) groups is 1. The van der Waals surface area contributed by atoms with Crippen molar-refractivity contribution in [1.82, 2.24) is 0 Å². The van der Waals surface area contributed by atoms with E-state index in [2.05, 4.69) is 4.74 Å². The van der Waals surface area contributed by atoms with Crippen LogP contribution in [0.15, 0.2) is 11.7 Å². The molecule has 0 spiro atoms. The van der Waals surface area contributed by atoms with Gasteiger partial charge in [0.1, 0.15) is 6.26 Å². The molecule has 0 rings (SSSR count). The van der Waals surface area contributed by atoms with Crippen LogP contribution in [0.5, 0.6) is 0 Å². The minimum Gasteiger partial charge on any atom is -0.434 e. The Morgan fingerprint density at radius 3 is 2.44 bits per heavy atom. The average Bonchev–Trinajstić information content (AvgIpc) is 1.63. The topological polar surface area (TPSA) is 60.4 Å². The van der Waals surface area contributed by atoms with Crippen LogP contribution in [0.4, 0.5) is 0 Å². The molecule has 0 amide bonds. The first kappa shape index (κ1) is 8.16. The van der Waals surface area contributed by atoms with Crippen molar-refractivity contribution in [3.8, 4) is 0 Å². The van der Waals surface area contributed by atoms with Crippen molar-refractivity contribution in [2.75, 3.05) is 0 Å². The first-order valence-electron chi connectivity index (χ1n) is 2.10. The smallest absolute Gasteiger partial charge is 0.307 e. The second-order valence-corrected chi connectivity index (χ2v) is 2.05. The van der Waals surface area contributed by atoms with Crippen molar-refractivity contribution < 1.29 is 17.9 Å². The van der Waals surface area contributed by atoms with Gasteiger partial charge in [-0.2, -0.15) is 0 Å². The molecule has 0 aliphatic rings. The zero-order valence-corrected chi connectivity index (χ0v) is 5.63. The Bertz CT molecular complexity index is 183. The molecule has 0 saturated heterocycles. The van der Waals surface area contributed by atoms with Crippen LogP contribution < -0.4 is 0 Å². The maximum absolute atomic E-state index is 9.95. The Kier molecular flexibility index (Phi) is 3.70. The van der Waals surface area contributed by atoms with E-state index in [9.17, 15) is 13.2 Å². The van der Waals surface area contributed by atoms with Crippen LogP contribution in [0.25, 0.3) is 0 Å². The molecule has 0 aliphatic carbocycles. The average molecular weight is 150 g/mol. The minimum absolute atomic E-state index is 0.539. The van der Waals surface area contributed by atoms with Gasteiger partial charge in [0.25, 0.3) is 0 Å². The quantitative estimate of drug-likeness (QED) is 0.331. The highest BCUT2D eigenvalue weighted by Gasteiger charge is 1.83. The van der Waals surface area contributed by atoms with Gasteiger partial charge in [0.2, 0.25) is 0 Å². The van der Waals surface area contributed by atoms with Crippen molar-refractivity contribution in [3.05, 3.63) is 11.7 Å². The molecular weight excluding hydrogens is 144 g/mol. The summed E-state index contributed by atoms with van der Waals surface area (Å²) >= 11 is 0. The molecular formula is C4H6O4S. The molecule has 0 aliphatic heterocycles. The Morgan fingerprint density at radius 1 is 1.56 bits per heavy atom. The summed E-state index contributed by atoms with van der Waals surface area (Å²) in [6, 6.07) is 0. The predicted molar refractivity (Wildman–Crippen MR) is 31.2 cm³/mol. The van der Waals surface area contributed by atoms with E-state index in [0.29, 0.717) is 0 Å². The third-order valence-electron chi connectivity index (χ3n) is 0.417. The summed E-state index contributed by atoms with van der Waals surface area (Å²) in [5, 5.41) is 0.775. The van der Waals surface area contributed by atoms with Crippen LogP contribution in [0, 0.1) is 0 Å². The normalized spacial score (nSPS) is 10.4. The van der Waals surface area contributed by atoms with Gasteiger partial charge in [-0.05, 0) is 0 Å². The lowest BCUT2D eigenvalue weighted by Gasteiger charge is -1.85. The summed E-state index contributed by atoms with van der Waals surface area (Å²) < 4.78 is 23.6. The van der Waals surface area contributed by atoms with Gasteiger partial charge in [-0.1, -0.05) is 0 Å². The highest BCUT2D eigenvalue weighted by molar-refractivity contribution is 7.75. The maximum Gasteiger partial charge on any atom is 0.307 e. The van der Waals surface area contributed by atoms with Crippen molar-refractivity contribution in [1.29, 1.82) is 0 Å². The Balaban J connectivity index is 3.61. The lowest BCUT2D eigenvalue weighted by molar-refractivity contribution is -0.135. The van der Waals surface area contributed by atoms with Crippen LogP contribution in [0.3, 0.4) is 0 Å². The van der Waals surface area contributed by atoms with E-state index in [1.54, 1.807) is 0 Å². The van der Waals surface area contributed by atoms with Gasteiger partial charge in [0.15, 0.2) is 10.7 Å². The van der Waals surface area contributed by atoms with Gasteiger partial charge in [0, 0.05) is 6.92 Å². The lowest BCUT2D eigenvalue weighted by Crippen LogP contribution is -1.89. The number of hydrogen-bond acceptors (Lipinski definition) is 4. The van der Waals surface area contributed by atoms with Crippen molar-refractivity contribution in [2.45, 2.75) is 6.92 Å². The third-order valence-corrected chi connectivity index (χ3v) is 0.782. The molecule has 0 N–H and O–H groups in total. The molecule has 0 unspecified atom stereocenters. The Labute approximate surface area is 54.1 Å². The number of carbonyl (C=O) groups excluding carboxylic acids is 1. The summed E-state index contributed by atoms with van der Waals surface area (Å²) in [6.07, 6.45) is 0.827. The van der Waals surface area contributed by atoms with Gasteiger partial charge in [-0.3, -0.25) is 4.79 Å². The minimum atomic E-state index is -2.59. The van der Waals surface area contributed by atoms with E-state index in [4.69, 9.17) is 0 Å². The van der Waals surface area contributed by atoms with E-state index < -0.39 is 16.7 Å². The van der Waals surface area contributed by atoms with Gasteiger partial charge in [-0.25, -0.2) is 8.42 Å². The standard InChI is InChI=1S/C4H6O4S/c1-4(5)8-2-3-9(6)7/h2-3,9H,1H3. The molecule has 0 saturated carbocycles. The van der Waals surface area contributed by atoms with Crippen molar-refractivity contribution >= 4 is 16.7 Å². The van der Waals surface area contributed by atoms with Crippen LogP contribution in [-0.2, 0) is 20.2 Å². The van der Waals surface area contributed by atoms with E-state index in [-0.39, 0.29) is 0 Å². The fourth-order valence-corrected chi connectivity index (χ4v) is 0.336. The first-order valence-corrected chi connectivity index (χ1v) is 3.35. The summed E-state index contributed by atoms with van der Waals surface area (Å²) in [6.45, 7) is 1.18. The van der Waals surface area contributed by atoms with Gasteiger partial charge in [0.05, 0.1) is 5.41 Å². The van der Waals surface area contributed by atoms with E-state index in [0.717, 1.165) is 11.7 Å². The highest BCUT2D eigenvalue weighted by Crippen LogP contribution is 1.77. The number of thiol groups is 1. The number of hydrogen-bond donors (Lipinski definition) is 1. The number of ether oxygens (including phenoxy) is 1. The SMILES string of the molecule is CC(=O)OC=C[SH](=O)=O. The molecule has 0 aromatic heterocycles. The molecule has 4 nitrogen and oxygen atoms in total. The molecule has 0 bridgehead atoms. The summed E-state index contributed by atoms with van der Waals surface area (Å²) in [4.78, 5) is 9.95. The van der Waals surface area contributed by atoms with Crippen LogP contribution in [0.2, 0.25) is 0 Å². The third kappa shape index (κ3) is 7.16. The van der Waals surface area contributed by atoms with Crippen molar-refractivity contribution in [2.24, 2.45) is 0 Å². The monoisotopic (exact) mass is 150 g/mol.